The van der Waals surface area contributed by atoms with E-state index in [9.17, 15) is 17.9 Å². The number of anilines is 1. The number of aromatic nitrogens is 2. The van der Waals surface area contributed by atoms with Crippen LogP contribution in [0.25, 0.3) is 33.7 Å². The standard InChI is InChI=1S/C27H30FN3O4S/c1-27(2,32)11-4-14-31(36(3,33)34)22-16-23-21(15-20(22)17-5-6-17)24(26-29-12-13-30-26)25(35-23)18-7-9-19(28)10-8-18/h7-10,12-13,15-17,32H,4-6,11,14H2,1-3H3,(H,29,30). The average Bonchev–Trinajstić information content (AvgIpc) is 3.36. The molecule has 7 nitrogen and oxygen atoms in total. The summed E-state index contributed by atoms with van der Waals surface area (Å²) in [5.41, 5.74) is 2.65. The number of nitrogens with zero attached hydrogens (tertiary/aromatic N) is 2. The summed E-state index contributed by atoms with van der Waals surface area (Å²) in [7, 11) is -3.59. The number of aliphatic hydroxyl groups is 1. The number of hydrogen-bond acceptors (Lipinski definition) is 5. The molecule has 2 heterocycles. The molecule has 0 aliphatic heterocycles. The summed E-state index contributed by atoms with van der Waals surface area (Å²) in [6.07, 6.45) is 7.54. The van der Waals surface area contributed by atoms with E-state index in [1.807, 2.05) is 6.07 Å². The zero-order valence-electron chi connectivity index (χ0n) is 20.6. The van der Waals surface area contributed by atoms with E-state index in [0.29, 0.717) is 41.3 Å². The van der Waals surface area contributed by atoms with Gasteiger partial charge in [-0.3, -0.25) is 4.31 Å². The molecule has 36 heavy (non-hydrogen) atoms. The number of hydrogen-bond donors (Lipinski definition) is 2. The van der Waals surface area contributed by atoms with Gasteiger partial charge in [0.15, 0.2) is 0 Å². The Morgan fingerprint density at radius 3 is 2.53 bits per heavy atom. The fraction of sp³-hybridized carbons (Fsp3) is 0.370. The lowest BCUT2D eigenvalue weighted by Crippen LogP contribution is -2.33. The fourth-order valence-corrected chi connectivity index (χ4v) is 5.62. The van der Waals surface area contributed by atoms with Crippen LogP contribution in [-0.4, -0.2) is 41.9 Å². The molecule has 0 bridgehead atoms. The van der Waals surface area contributed by atoms with E-state index in [-0.39, 0.29) is 18.3 Å². The first-order chi connectivity index (χ1) is 17.0. The minimum absolute atomic E-state index is 0.255. The van der Waals surface area contributed by atoms with Gasteiger partial charge in [-0.2, -0.15) is 0 Å². The molecule has 2 aromatic carbocycles. The quantitative estimate of drug-likeness (QED) is 0.295. The summed E-state index contributed by atoms with van der Waals surface area (Å²) in [5.74, 6) is 1.07. The van der Waals surface area contributed by atoms with Gasteiger partial charge in [-0.05, 0) is 81.3 Å². The van der Waals surface area contributed by atoms with Gasteiger partial charge in [-0.25, -0.2) is 17.8 Å². The zero-order valence-corrected chi connectivity index (χ0v) is 21.4. The number of imidazole rings is 1. The molecule has 1 aliphatic carbocycles. The number of rotatable bonds is 9. The summed E-state index contributed by atoms with van der Waals surface area (Å²) >= 11 is 0. The van der Waals surface area contributed by atoms with Gasteiger partial charge < -0.3 is 14.5 Å². The van der Waals surface area contributed by atoms with E-state index >= 15 is 0 Å². The summed E-state index contributed by atoms with van der Waals surface area (Å²) in [4.78, 5) is 7.59. The van der Waals surface area contributed by atoms with E-state index in [4.69, 9.17) is 4.42 Å². The highest BCUT2D eigenvalue weighted by Crippen LogP contribution is 2.49. The molecule has 0 atom stereocenters. The van der Waals surface area contributed by atoms with Crippen LogP contribution in [-0.2, 0) is 10.0 Å². The van der Waals surface area contributed by atoms with Crippen molar-refractivity contribution in [3.8, 4) is 22.7 Å². The lowest BCUT2D eigenvalue weighted by molar-refractivity contribution is 0.0696. The first-order valence-electron chi connectivity index (χ1n) is 12.1. The van der Waals surface area contributed by atoms with Crippen LogP contribution in [0.2, 0.25) is 0 Å². The summed E-state index contributed by atoms with van der Waals surface area (Å²) in [6.45, 7) is 3.69. The molecule has 1 saturated carbocycles. The average molecular weight is 512 g/mol. The van der Waals surface area contributed by atoms with Gasteiger partial charge in [-0.1, -0.05) is 0 Å². The van der Waals surface area contributed by atoms with Crippen molar-refractivity contribution in [3.63, 3.8) is 0 Å². The van der Waals surface area contributed by atoms with E-state index in [0.717, 1.165) is 29.4 Å². The number of H-pyrrole nitrogens is 1. The first kappa shape index (κ1) is 24.5. The van der Waals surface area contributed by atoms with Crippen LogP contribution in [0.5, 0.6) is 0 Å². The number of sulfonamides is 1. The molecule has 5 rings (SSSR count). The topological polar surface area (TPSA) is 99.4 Å². The molecule has 2 aromatic heterocycles. The van der Waals surface area contributed by atoms with Crippen LogP contribution < -0.4 is 4.31 Å². The van der Waals surface area contributed by atoms with Crippen molar-refractivity contribution in [2.45, 2.75) is 51.0 Å². The fourth-order valence-electron chi connectivity index (χ4n) is 4.65. The molecule has 1 aliphatic rings. The Labute approximate surface area is 210 Å². The molecule has 0 spiro atoms. The van der Waals surface area contributed by atoms with Gasteiger partial charge in [0.2, 0.25) is 10.0 Å². The Morgan fingerprint density at radius 2 is 1.94 bits per heavy atom. The van der Waals surface area contributed by atoms with Crippen LogP contribution in [0.3, 0.4) is 0 Å². The summed E-state index contributed by atoms with van der Waals surface area (Å²) in [6, 6.07) is 9.88. The van der Waals surface area contributed by atoms with Crippen molar-refractivity contribution in [2.24, 2.45) is 0 Å². The first-order valence-corrected chi connectivity index (χ1v) is 13.9. The predicted octanol–water partition coefficient (Wildman–Crippen LogP) is 5.82. The number of aromatic amines is 1. The molecule has 0 saturated heterocycles. The smallest absolute Gasteiger partial charge is 0.232 e. The summed E-state index contributed by atoms with van der Waals surface area (Å²) < 4.78 is 47.2. The zero-order chi connectivity index (χ0) is 25.7. The predicted molar refractivity (Wildman–Crippen MR) is 139 cm³/mol. The molecule has 0 unspecified atom stereocenters. The van der Waals surface area contributed by atoms with E-state index in [2.05, 4.69) is 9.97 Å². The second-order valence-electron chi connectivity index (χ2n) is 10.2. The van der Waals surface area contributed by atoms with Crippen molar-refractivity contribution >= 4 is 26.7 Å². The minimum Gasteiger partial charge on any atom is -0.455 e. The van der Waals surface area contributed by atoms with Crippen LogP contribution in [0.15, 0.2) is 53.2 Å². The van der Waals surface area contributed by atoms with Gasteiger partial charge in [-0.15, -0.1) is 0 Å². The Bertz CT molecular complexity index is 1480. The molecule has 1 fully saturated rings. The third-order valence-electron chi connectivity index (χ3n) is 6.51. The normalized spacial score (nSPS) is 14.5. The van der Waals surface area contributed by atoms with Gasteiger partial charge in [0.1, 0.15) is 23.0 Å². The van der Waals surface area contributed by atoms with E-state index < -0.39 is 15.6 Å². The van der Waals surface area contributed by atoms with Gasteiger partial charge >= 0.3 is 0 Å². The van der Waals surface area contributed by atoms with E-state index in [1.165, 1.54) is 22.7 Å². The maximum atomic E-state index is 13.6. The van der Waals surface area contributed by atoms with Crippen molar-refractivity contribution in [2.75, 3.05) is 17.1 Å². The summed E-state index contributed by atoms with van der Waals surface area (Å²) in [5, 5.41) is 11.0. The lowest BCUT2D eigenvalue weighted by atomic mass is 10.00. The van der Waals surface area contributed by atoms with Gasteiger partial charge in [0, 0.05) is 36.0 Å². The Balaban J connectivity index is 1.69. The minimum atomic E-state index is -3.59. The number of fused-ring (bicyclic) bond motifs is 1. The Hall–Kier alpha value is -3.17. The molecule has 4 aromatic rings. The van der Waals surface area contributed by atoms with Crippen LogP contribution in [0.1, 0.15) is 51.0 Å². The number of benzene rings is 2. The highest BCUT2D eigenvalue weighted by Gasteiger charge is 2.33. The molecule has 9 heteroatoms. The molecule has 190 valence electrons. The second kappa shape index (κ2) is 9.05. The third kappa shape index (κ3) is 5.03. The van der Waals surface area contributed by atoms with Gasteiger partial charge in [0.25, 0.3) is 0 Å². The highest BCUT2D eigenvalue weighted by molar-refractivity contribution is 7.92. The SMILES string of the molecule is CC(C)(O)CCCN(c1cc2oc(-c3ccc(F)cc3)c(-c3ncc[nH]3)c2cc1C1CC1)S(C)(=O)=O. The largest absolute Gasteiger partial charge is 0.455 e. The van der Waals surface area contributed by atoms with Crippen LogP contribution in [0, 0.1) is 5.82 Å². The molecule has 0 radical (unpaired) electrons. The second-order valence-corrected chi connectivity index (χ2v) is 12.1. The highest BCUT2D eigenvalue weighted by atomic mass is 32.2. The third-order valence-corrected chi connectivity index (χ3v) is 7.69. The van der Waals surface area contributed by atoms with Gasteiger partial charge in [0.05, 0.1) is 23.1 Å². The van der Waals surface area contributed by atoms with Crippen molar-refractivity contribution in [3.05, 3.63) is 60.2 Å². The maximum absolute atomic E-state index is 13.6. The maximum Gasteiger partial charge on any atom is 0.232 e. The number of halogens is 1. The Morgan fingerprint density at radius 1 is 1.22 bits per heavy atom. The van der Waals surface area contributed by atoms with Crippen molar-refractivity contribution in [1.29, 1.82) is 0 Å². The van der Waals surface area contributed by atoms with E-state index in [1.54, 1.807) is 44.4 Å². The molecule has 0 amide bonds. The number of furan rings is 1. The monoisotopic (exact) mass is 511 g/mol. The van der Waals surface area contributed by atoms with Crippen LogP contribution >= 0.6 is 0 Å². The van der Waals surface area contributed by atoms with Crippen LogP contribution in [0.4, 0.5) is 10.1 Å². The van der Waals surface area contributed by atoms with Crippen molar-refractivity contribution < 1.29 is 22.3 Å². The number of nitrogens with one attached hydrogen (secondary N) is 1. The molecular weight excluding hydrogens is 481 g/mol. The molecular formula is C27H30FN3O4S. The Kier molecular flexibility index (Phi) is 6.16. The lowest BCUT2D eigenvalue weighted by Gasteiger charge is -2.26. The van der Waals surface area contributed by atoms with Crippen molar-refractivity contribution in [1.82, 2.24) is 9.97 Å². The molecule has 2 N–H and O–H groups in total.